The summed E-state index contributed by atoms with van der Waals surface area (Å²) in [6, 6.07) is 11.8. The van der Waals surface area contributed by atoms with Gasteiger partial charge in [-0.15, -0.1) is 0 Å². The summed E-state index contributed by atoms with van der Waals surface area (Å²) in [4.78, 5) is 94.2. The molecule has 0 saturated heterocycles. The second-order valence-electron chi connectivity index (χ2n) is 15.5. The van der Waals surface area contributed by atoms with Gasteiger partial charge in [-0.25, -0.2) is 0 Å². The summed E-state index contributed by atoms with van der Waals surface area (Å²) in [6.07, 6.45) is 3.81. The van der Waals surface area contributed by atoms with E-state index in [0.29, 0.717) is 51.6 Å². The number of hydrogen-bond acceptors (Lipinski definition) is 9. The van der Waals surface area contributed by atoms with Crippen molar-refractivity contribution >= 4 is 41.4 Å². The molecule has 16 nitrogen and oxygen atoms in total. The van der Waals surface area contributed by atoms with Crippen LogP contribution < -0.4 is 49.1 Å². The first-order valence-electron chi connectivity index (χ1n) is 21.2. The van der Waals surface area contributed by atoms with Gasteiger partial charge in [0.15, 0.2) is 0 Å². The Kier molecular flexibility index (Phi) is 23.2. The molecule has 0 heterocycles. The van der Waals surface area contributed by atoms with Crippen LogP contribution in [-0.4, -0.2) is 90.7 Å². The Balaban J connectivity index is 2.39. The third-order valence-electron chi connectivity index (χ3n) is 10.7. The normalized spacial score (nSPS) is 15.1. The average Bonchev–Trinajstić information content (AvgIpc) is 3.23. The molecule has 2 rings (SSSR count). The van der Waals surface area contributed by atoms with Crippen LogP contribution in [0.5, 0.6) is 0 Å². The zero-order valence-electron chi connectivity index (χ0n) is 36.0. The van der Waals surface area contributed by atoms with Gasteiger partial charge in [-0.2, -0.15) is 0 Å². The van der Waals surface area contributed by atoms with Gasteiger partial charge < -0.3 is 49.1 Å². The number of rotatable bonds is 28. The quantitative estimate of drug-likeness (QED) is 0.0558. The van der Waals surface area contributed by atoms with Crippen molar-refractivity contribution in [1.29, 1.82) is 0 Å². The zero-order valence-corrected chi connectivity index (χ0v) is 36.0. The molecule has 0 radical (unpaired) electrons. The minimum atomic E-state index is -1.13. The molecular weight excluding hydrogens is 767 g/mol. The highest BCUT2D eigenvalue weighted by Crippen LogP contribution is 2.14. The number of primary amides is 1. The third kappa shape index (κ3) is 17.9. The maximum Gasteiger partial charge on any atom is 0.243 e. The smallest absolute Gasteiger partial charge is 0.243 e. The molecule has 0 saturated carbocycles. The minimum Gasteiger partial charge on any atom is -0.368 e. The molecule has 0 aliphatic rings. The molecule has 0 bridgehead atoms. The van der Waals surface area contributed by atoms with E-state index in [-0.39, 0.29) is 31.6 Å². The lowest BCUT2D eigenvalue weighted by molar-refractivity contribution is -0.136. The lowest BCUT2D eigenvalue weighted by Gasteiger charge is -2.30. The van der Waals surface area contributed by atoms with E-state index >= 15 is 0 Å². The molecule has 0 aliphatic carbocycles. The van der Waals surface area contributed by atoms with Gasteiger partial charge in [0.1, 0.15) is 36.3 Å². The van der Waals surface area contributed by atoms with Crippen LogP contribution in [0.1, 0.15) is 97.1 Å². The first-order chi connectivity index (χ1) is 28.6. The minimum absolute atomic E-state index is 0.0920. The molecule has 12 N–H and O–H groups in total. The first-order valence-corrected chi connectivity index (χ1v) is 21.2. The number of carbonyl (C=O) groups excluding carboxylic acids is 7. The number of carbonyl (C=O) groups is 7. The van der Waals surface area contributed by atoms with Crippen molar-refractivity contribution < 1.29 is 33.6 Å². The summed E-state index contributed by atoms with van der Waals surface area (Å²) in [5.74, 6) is -4.85. The maximum absolute atomic E-state index is 14.2. The lowest BCUT2D eigenvalue weighted by Crippen LogP contribution is -2.61. The second kappa shape index (κ2) is 27.4. The van der Waals surface area contributed by atoms with Crippen LogP contribution in [0.4, 0.5) is 0 Å². The molecule has 0 aromatic heterocycles. The molecule has 60 heavy (non-hydrogen) atoms. The molecule has 16 heteroatoms. The fourth-order valence-corrected chi connectivity index (χ4v) is 6.63. The second-order valence-corrected chi connectivity index (χ2v) is 15.5. The first kappa shape index (κ1) is 50.8. The van der Waals surface area contributed by atoms with Gasteiger partial charge in [-0.3, -0.25) is 33.6 Å². The summed E-state index contributed by atoms with van der Waals surface area (Å²) in [7, 11) is 0. The van der Waals surface area contributed by atoms with Crippen molar-refractivity contribution in [2.24, 2.45) is 29.0 Å². The van der Waals surface area contributed by atoms with Crippen molar-refractivity contribution in [3.63, 3.8) is 0 Å². The van der Waals surface area contributed by atoms with E-state index in [0.717, 1.165) is 11.1 Å². The van der Waals surface area contributed by atoms with Crippen LogP contribution >= 0.6 is 0 Å². The summed E-state index contributed by atoms with van der Waals surface area (Å²) >= 11 is 0. The molecule has 2 aromatic carbocycles. The molecular formula is C44H69N9O7. The molecule has 2 aromatic rings. The van der Waals surface area contributed by atoms with E-state index in [1.807, 2.05) is 62.4 Å². The highest BCUT2D eigenvalue weighted by Gasteiger charge is 2.35. The Morgan fingerprint density at radius 2 is 0.867 bits per heavy atom. The van der Waals surface area contributed by atoms with E-state index < -0.39 is 83.5 Å². The number of unbranched alkanes of at least 4 members (excludes halogenated alkanes) is 2. The van der Waals surface area contributed by atoms with E-state index in [2.05, 4.69) is 31.9 Å². The van der Waals surface area contributed by atoms with Crippen LogP contribution in [0.3, 0.4) is 0 Å². The van der Waals surface area contributed by atoms with E-state index in [4.69, 9.17) is 17.2 Å². The van der Waals surface area contributed by atoms with Gasteiger partial charge in [0, 0.05) is 19.8 Å². The van der Waals surface area contributed by atoms with Gasteiger partial charge >= 0.3 is 0 Å². The molecule has 0 aliphatic heterocycles. The van der Waals surface area contributed by atoms with Crippen molar-refractivity contribution in [2.45, 2.75) is 135 Å². The Hall–Kier alpha value is -5.35. The maximum atomic E-state index is 14.2. The number of nitrogens with one attached hydrogen (secondary N) is 6. The topological polar surface area (TPSA) is 270 Å². The summed E-state index contributed by atoms with van der Waals surface area (Å²) in [5, 5.41) is 16.7. The number of nitrogens with two attached hydrogens (primary N) is 3. The highest BCUT2D eigenvalue weighted by atomic mass is 16.2. The molecule has 0 fully saturated rings. The van der Waals surface area contributed by atoms with Crippen molar-refractivity contribution in [3.05, 3.63) is 71.8 Å². The predicted octanol–water partition coefficient (Wildman–Crippen LogP) is 1.24. The molecule has 332 valence electrons. The van der Waals surface area contributed by atoms with Crippen molar-refractivity contribution in [1.82, 2.24) is 31.9 Å². The Bertz CT molecular complexity index is 1660. The Morgan fingerprint density at radius 3 is 1.28 bits per heavy atom. The SMILES string of the molecule is CC[C@H](C)[C@H](NC(=O)[C@H](Cc1ccccc1)NC(=O)[C@@H](NC(=O)[C@H](CCCCN)NC(=O)[C@H](CCCCN)NC(=O)[C@H](Cc1ccccc1)NC(C)=O)[C@@H](C)CC)C(N)=O. The van der Waals surface area contributed by atoms with Crippen LogP contribution in [0.15, 0.2) is 60.7 Å². The van der Waals surface area contributed by atoms with Crippen LogP contribution in [-0.2, 0) is 46.4 Å². The Labute approximate surface area is 355 Å². The predicted molar refractivity (Wildman–Crippen MR) is 231 cm³/mol. The third-order valence-corrected chi connectivity index (χ3v) is 10.7. The van der Waals surface area contributed by atoms with Gasteiger partial charge in [-0.1, -0.05) is 101 Å². The highest BCUT2D eigenvalue weighted by molar-refractivity contribution is 5.97. The van der Waals surface area contributed by atoms with Gasteiger partial charge in [0.25, 0.3) is 0 Å². The van der Waals surface area contributed by atoms with Gasteiger partial charge in [0.05, 0.1) is 0 Å². The number of amides is 7. The standard InChI is InChI=1S/C44H69N9O7/c1-6-28(3)37(39(47)55)52-43(59)36(27-32-20-12-9-13-21-32)51-44(60)38(29(4)7-2)53-41(57)34(23-15-17-25-46)49-40(56)33(22-14-16-24-45)50-42(58)35(48-30(5)54)26-31-18-10-8-11-19-31/h8-13,18-21,28-29,33-38H,6-7,14-17,22-27,45-46H2,1-5H3,(H2,47,55)(H,48,54)(H,49,56)(H,50,58)(H,51,60)(H,52,59)(H,53,57)/t28-,29-,33-,34-,35-,36-,37-,38-/m0/s1. The van der Waals surface area contributed by atoms with Crippen LogP contribution in [0, 0.1) is 11.8 Å². The number of benzene rings is 2. The number of hydrogen-bond donors (Lipinski definition) is 9. The molecule has 7 amide bonds. The van der Waals surface area contributed by atoms with Crippen LogP contribution in [0.2, 0.25) is 0 Å². The lowest BCUT2D eigenvalue weighted by atomic mass is 9.95. The molecule has 0 spiro atoms. The fourth-order valence-electron chi connectivity index (χ4n) is 6.63. The molecule has 8 atom stereocenters. The van der Waals surface area contributed by atoms with Gasteiger partial charge in [-0.05, 0) is 74.6 Å². The monoisotopic (exact) mass is 836 g/mol. The van der Waals surface area contributed by atoms with Crippen LogP contribution in [0.25, 0.3) is 0 Å². The molecule has 0 unspecified atom stereocenters. The summed E-state index contributed by atoms with van der Waals surface area (Å²) < 4.78 is 0. The van der Waals surface area contributed by atoms with E-state index in [9.17, 15) is 33.6 Å². The van der Waals surface area contributed by atoms with E-state index in [1.54, 1.807) is 26.0 Å². The largest absolute Gasteiger partial charge is 0.368 e. The average molecular weight is 836 g/mol. The van der Waals surface area contributed by atoms with Crippen molar-refractivity contribution in [3.8, 4) is 0 Å². The Morgan fingerprint density at radius 1 is 0.500 bits per heavy atom. The fraction of sp³-hybridized carbons (Fsp3) is 0.568. The zero-order chi connectivity index (χ0) is 44.6. The van der Waals surface area contributed by atoms with Gasteiger partial charge in [0.2, 0.25) is 41.4 Å². The van der Waals surface area contributed by atoms with Crippen molar-refractivity contribution in [2.75, 3.05) is 13.1 Å². The van der Waals surface area contributed by atoms with E-state index in [1.165, 1.54) is 6.92 Å². The summed E-state index contributed by atoms with van der Waals surface area (Å²) in [5.41, 5.74) is 18.7. The summed E-state index contributed by atoms with van der Waals surface area (Å²) in [6.45, 7) is 9.33.